The SMILES string of the molecule is CCS(=O)(=O)c1ccc(CN/C(C=O)=N/c2cnc(-c3c(OC)ncnc3C3CC3)nc2N(C)[C@H]2CCC[C@H]2C#N)nc1. The van der Waals surface area contributed by atoms with Crippen LogP contribution in [0.3, 0.4) is 0 Å². The molecule has 3 heterocycles. The molecule has 0 saturated heterocycles. The highest BCUT2D eigenvalue weighted by Crippen LogP contribution is 2.45. The minimum Gasteiger partial charge on any atom is -0.480 e. The van der Waals surface area contributed by atoms with E-state index in [0.29, 0.717) is 40.8 Å². The molecule has 0 amide bonds. The molecule has 14 heteroatoms. The molecule has 0 aromatic carbocycles. The zero-order valence-electron chi connectivity index (χ0n) is 24.3. The summed E-state index contributed by atoms with van der Waals surface area (Å²) in [5.74, 6) is 1.30. The van der Waals surface area contributed by atoms with Crippen LogP contribution in [0, 0.1) is 17.2 Å². The lowest BCUT2D eigenvalue weighted by atomic mass is 10.0. The molecule has 0 aliphatic heterocycles. The summed E-state index contributed by atoms with van der Waals surface area (Å²) >= 11 is 0. The lowest BCUT2D eigenvalue weighted by Crippen LogP contribution is -2.35. The van der Waals surface area contributed by atoms with Gasteiger partial charge < -0.3 is 15.0 Å². The van der Waals surface area contributed by atoms with Crippen LogP contribution in [0.4, 0.5) is 11.5 Å². The van der Waals surface area contributed by atoms with Gasteiger partial charge in [-0.25, -0.2) is 33.3 Å². The Morgan fingerprint density at radius 2 is 2.00 bits per heavy atom. The molecule has 3 aromatic rings. The summed E-state index contributed by atoms with van der Waals surface area (Å²) in [5.41, 5.74) is 2.31. The number of hydrogen-bond acceptors (Lipinski definition) is 12. The van der Waals surface area contributed by atoms with Crippen molar-refractivity contribution < 1.29 is 17.9 Å². The number of rotatable bonds is 11. The number of ether oxygens (including phenoxy) is 1. The lowest BCUT2D eigenvalue weighted by Gasteiger charge is -2.29. The average Bonchev–Trinajstić information content (AvgIpc) is 3.78. The molecule has 1 N–H and O–H groups in total. The van der Waals surface area contributed by atoms with Gasteiger partial charge in [-0.1, -0.05) is 6.92 Å². The lowest BCUT2D eigenvalue weighted by molar-refractivity contribution is -0.102. The fraction of sp³-hybridized carbons (Fsp3) is 0.448. The number of hydrogen-bond donors (Lipinski definition) is 1. The molecule has 0 bridgehead atoms. The van der Waals surface area contributed by atoms with Crippen molar-refractivity contribution in [3.8, 4) is 23.3 Å². The van der Waals surface area contributed by atoms with Crippen molar-refractivity contribution in [1.82, 2.24) is 30.2 Å². The van der Waals surface area contributed by atoms with E-state index in [1.54, 1.807) is 19.2 Å². The predicted molar refractivity (Wildman–Crippen MR) is 159 cm³/mol. The summed E-state index contributed by atoms with van der Waals surface area (Å²) < 4.78 is 29.7. The van der Waals surface area contributed by atoms with Gasteiger partial charge >= 0.3 is 0 Å². The van der Waals surface area contributed by atoms with E-state index < -0.39 is 9.84 Å². The molecule has 0 unspecified atom stereocenters. The number of anilines is 1. The van der Waals surface area contributed by atoms with Crippen molar-refractivity contribution in [3.05, 3.63) is 42.2 Å². The van der Waals surface area contributed by atoms with Gasteiger partial charge in [0.25, 0.3) is 0 Å². The minimum absolute atomic E-state index is 0.0144. The monoisotopic (exact) mass is 603 g/mol. The van der Waals surface area contributed by atoms with Gasteiger partial charge in [0.15, 0.2) is 33.6 Å². The molecule has 5 rings (SSSR count). The second kappa shape index (κ2) is 12.8. The zero-order chi connectivity index (χ0) is 30.6. The first-order valence-electron chi connectivity index (χ1n) is 14.1. The number of nitriles is 1. The normalized spacial score (nSPS) is 18.6. The second-order valence-electron chi connectivity index (χ2n) is 10.5. The van der Waals surface area contributed by atoms with E-state index in [1.807, 2.05) is 11.9 Å². The number of sulfone groups is 1. The third-order valence-electron chi connectivity index (χ3n) is 7.79. The standard InChI is InChI=1S/C29H33N9O4S/c1-4-43(40,41)21-11-10-20(31-14-21)13-32-24(16-39)36-22-15-33-27(25-26(18-8-9-18)34-17-35-29(25)42-3)37-28(22)38(2)23-7-5-6-19(23)12-30/h10-11,14-19,23H,4-9,13H2,1-3H3,(H,32,36)/t19-,23-/m0/s1. The molecule has 0 radical (unpaired) electrons. The largest absolute Gasteiger partial charge is 0.480 e. The number of pyridine rings is 1. The smallest absolute Gasteiger partial charge is 0.227 e. The molecule has 2 aliphatic carbocycles. The van der Waals surface area contributed by atoms with Gasteiger partial charge in [0.05, 0.1) is 53.9 Å². The number of nitrogens with one attached hydrogen (secondary N) is 1. The van der Waals surface area contributed by atoms with Crippen LogP contribution >= 0.6 is 0 Å². The number of aldehydes is 1. The molecule has 3 aromatic heterocycles. The van der Waals surface area contributed by atoms with Crippen LogP contribution in [-0.2, 0) is 21.2 Å². The Morgan fingerprint density at radius 1 is 1.19 bits per heavy atom. The van der Waals surface area contributed by atoms with Crippen molar-refractivity contribution in [2.75, 3.05) is 24.8 Å². The zero-order valence-corrected chi connectivity index (χ0v) is 25.1. The third kappa shape index (κ3) is 6.46. The first-order valence-corrected chi connectivity index (χ1v) is 15.8. The Hall–Kier alpha value is -4.51. The summed E-state index contributed by atoms with van der Waals surface area (Å²) in [6, 6.07) is 5.40. The van der Waals surface area contributed by atoms with Gasteiger partial charge in [0, 0.05) is 25.2 Å². The van der Waals surface area contributed by atoms with E-state index in [2.05, 4.69) is 36.3 Å². The topological polar surface area (TPSA) is 176 Å². The summed E-state index contributed by atoms with van der Waals surface area (Å²) in [7, 11) is 0.0428. The molecule has 2 saturated carbocycles. The summed E-state index contributed by atoms with van der Waals surface area (Å²) in [6.07, 6.45) is 9.45. The molecule has 0 spiro atoms. The molecule has 2 atom stereocenters. The Morgan fingerprint density at radius 3 is 2.65 bits per heavy atom. The number of aromatic nitrogens is 5. The van der Waals surface area contributed by atoms with Crippen LogP contribution in [-0.4, -0.2) is 71.4 Å². The Bertz CT molecular complexity index is 1670. The van der Waals surface area contributed by atoms with Crippen molar-refractivity contribution in [3.63, 3.8) is 0 Å². The number of nitrogens with zero attached hydrogens (tertiary/aromatic N) is 8. The molecular weight excluding hydrogens is 570 g/mol. The quantitative estimate of drug-likeness (QED) is 0.193. The van der Waals surface area contributed by atoms with Gasteiger partial charge in [-0.05, 0) is 44.2 Å². The van der Waals surface area contributed by atoms with Crippen LogP contribution in [0.2, 0.25) is 0 Å². The van der Waals surface area contributed by atoms with Crippen LogP contribution in [0.5, 0.6) is 5.88 Å². The van der Waals surface area contributed by atoms with Crippen molar-refractivity contribution >= 4 is 33.5 Å². The maximum absolute atomic E-state index is 12.1. The van der Waals surface area contributed by atoms with E-state index in [0.717, 1.165) is 37.8 Å². The van der Waals surface area contributed by atoms with Gasteiger partial charge in [-0.15, -0.1) is 0 Å². The van der Waals surface area contributed by atoms with E-state index in [1.165, 1.54) is 25.7 Å². The molecule has 13 nitrogen and oxygen atoms in total. The number of methoxy groups -OCH3 is 1. The fourth-order valence-electron chi connectivity index (χ4n) is 5.24. The Kier molecular flexibility index (Phi) is 8.91. The van der Waals surface area contributed by atoms with Crippen molar-refractivity contribution in [2.45, 2.75) is 62.4 Å². The van der Waals surface area contributed by atoms with E-state index in [4.69, 9.17) is 9.72 Å². The number of aliphatic imine (C=N–C) groups is 1. The van der Waals surface area contributed by atoms with E-state index in [-0.39, 0.29) is 40.9 Å². The first-order chi connectivity index (χ1) is 20.8. The molecule has 2 aliphatic rings. The maximum Gasteiger partial charge on any atom is 0.227 e. The highest BCUT2D eigenvalue weighted by Gasteiger charge is 2.34. The second-order valence-corrected chi connectivity index (χ2v) is 12.8. The average molecular weight is 604 g/mol. The van der Waals surface area contributed by atoms with E-state index >= 15 is 0 Å². The van der Waals surface area contributed by atoms with Gasteiger partial charge in [-0.3, -0.25) is 9.78 Å². The molecular formula is C29H33N9O4S. The van der Waals surface area contributed by atoms with Crippen LogP contribution < -0.4 is 15.0 Å². The van der Waals surface area contributed by atoms with E-state index in [9.17, 15) is 18.5 Å². The van der Waals surface area contributed by atoms with Crippen LogP contribution in [0.1, 0.15) is 56.3 Å². The fourth-order valence-corrected chi connectivity index (χ4v) is 6.06. The van der Waals surface area contributed by atoms with Crippen molar-refractivity contribution in [2.24, 2.45) is 10.9 Å². The van der Waals surface area contributed by atoms with Crippen molar-refractivity contribution in [1.29, 1.82) is 5.26 Å². The minimum atomic E-state index is -3.37. The highest BCUT2D eigenvalue weighted by molar-refractivity contribution is 7.91. The Labute approximate surface area is 250 Å². The molecule has 224 valence electrons. The predicted octanol–water partition coefficient (Wildman–Crippen LogP) is 3.16. The summed E-state index contributed by atoms with van der Waals surface area (Å²) in [6.45, 7) is 1.71. The van der Waals surface area contributed by atoms with Gasteiger partial charge in [-0.2, -0.15) is 5.26 Å². The van der Waals surface area contributed by atoms with Gasteiger partial charge in [0.1, 0.15) is 17.6 Å². The number of carbonyl (C=O) groups excluding carboxylic acids is 1. The number of carbonyl (C=O) groups is 1. The first kappa shape index (κ1) is 30.0. The summed E-state index contributed by atoms with van der Waals surface area (Å²) in [5, 5.41) is 12.7. The summed E-state index contributed by atoms with van der Waals surface area (Å²) in [4.78, 5) is 41.2. The third-order valence-corrected chi connectivity index (χ3v) is 9.51. The Balaban J connectivity index is 1.50. The van der Waals surface area contributed by atoms with Gasteiger partial charge in [0.2, 0.25) is 5.88 Å². The maximum atomic E-state index is 12.1. The molecule has 2 fully saturated rings. The molecule has 43 heavy (non-hydrogen) atoms. The van der Waals surface area contributed by atoms with Crippen LogP contribution in [0.25, 0.3) is 11.4 Å². The van der Waals surface area contributed by atoms with Crippen LogP contribution in [0.15, 0.2) is 40.7 Å². The highest BCUT2D eigenvalue weighted by atomic mass is 32.2. The number of amidine groups is 1.